The van der Waals surface area contributed by atoms with Crippen molar-refractivity contribution < 1.29 is 14.3 Å². The molecule has 1 aromatic heterocycles. The highest BCUT2D eigenvalue weighted by Crippen LogP contribution is 2.36. The molecule has 2 unspecified atom stereocenters. The molecule has 3 heterocycles. The van der Waals surface area contributed by atoms with Crippen LogP contribution < -0.4 is 15.2 Å². The van der Waals surface area contributed by atoms with E-state index in [-0.39, 0.29) is 29.2 Å². The van der Waals surface area contributed by atoms with Crippen molar-refractivity contribution in [2.75, 3.05) is 31.6 Å². The van der Waals surface area contributed by atoms with Gasteiger partial charge in [0.05, 0.1) is 24.2 Å². The number of benzene rings is 1. The molecule has 0 spiro atoms. The average molecular weight is 553 g/mol. The summed E-state index contributed by atoms with van der Waals surface area (Å²) in [4.78, 5) is 31.0. The van der Waals surface area contributed by atoms with Gasteiger partial charge in [0.2, 0.25) is 0 Å². The Morgan fingerprint density at radius 3 is 2.45 bits per heavy atom. The number of methoxy groups -OCH3 is 1. The topological polar surface area (TPSA) is 87.8 Å². The van der Waals surface area contributed by atoms with Gasteiger partial charge in [-0.25, -0.2) is 0 Å². The van der Waals surface area contributed by atoms with Crippen molar-refractivity contribution in [2.45, 2.75) is 52.9 Å². The fourth-order valence-corrected chi connectivity index (χ4v) is 6.28. The zero-order chi connectivity index (χ0) is 27.6. The van der Waals surface area contributed by atoms with E-state index in [2.05, 4.69) is 11.0 Å². The molecule has 38 heavy (non-hydrogen) atoms. The summed E-state index contributed by atoms with van der Waals surface area (Å²) >= 11 is 6.83. The van der Waals surface area contributed by atoms with E-state index >= 15 is 0 Å². The lowest BCUT2D eigenvalue weighted by atomic mass is 10.0. The van der Waals surface area contributed by atoms with Crippen molar-refractivity contribution in [2.24, 2.45) is 0 Å². The molecule has 2 aliphatic rings. The predicted molar refractivity (Wildman–Crippen MR) is 155 cm³/mol. The van der Waals surface area contributed by atoms with Crippen LogP contribution in [0.1, 0.15) is 43.0 Å². The summed E-state index contributed by atoms with van der Waals surface area (Å²) in [5.74, 6) is 1.32. The molecule has 2 saturated heterocycles. The van der Waals surface area contributed by atoms with Crippen LogP contribution in [0.4, 0.5) is 5.82 Å². The Bertz CT molecular complexity index is 1370. The third-order valence-corrected chi connectivity index (χ3v) is 8.19. The van der Waals surface area contributed by atoms with Gasteiger partial charge in [-0.1, -0.05) is 36.1 Å². The number of aromatic nitrogens is 1. The normalized spacial score (nSPS) is 20.8. The Balaban J connectivity index is 1.71. The number of nitrogens with zero attached hydrogens (tertiary/aromatic N) is 4. The molecule has 0 N–H and O–H groups in total. The Morgan fingerprint density at radius 1 is 1.21 bits per heavy atom. The fourth-order valence-electron chi connectivity index (χ4n) is 4.99. The number of carbonyl (C=O) groups excluding carboxylic acids is 1. The predicted octanol–water partition coefficient (Wildman–Crippen LogP) is 4.11. The SMILES string of the molecule is CCn1c(N2CC(C)OC(C)C2)c(/C=C2\SC(=S)N(CCc3ccc(OC)cc3)C2=O)c(C)c(C#N)c1=O. The maximum absolute atomic E-state index is 13.5. The van der Waals surface area contributed by atoms with Gasteiger partial charge in [-0.3, -0.25) is 19.1 Å². The van der Waals surface area contributed by atoms with Crippen LogP contribution in [0.3, 0.4) is 0 Å². The second kappa shape index (κ2) is 11.7. The fraction of sp³-hybridized carbons (Fsp3) is 0.429. The molecule has 1 aromatic carbocycles. The summed E-state index contributed by atoms with van der Waals surface area (Å²) in [5, 5.41) is 9.81. The minimum Gasteiger partial charge on any atom is -0.497 e. The molecular formula is C28H32N4O4S2. The number of anilines is 1. The van der Waals surface area contributed by atoms with Crippen LogP contribution in [-0.4, -0.2) is 58.6 Å². The summed E-state index contributed by atoms with van der Waals surface area (Å²) in [5.41, 5.74) is 2.10. The minimum atomic E-state index is -0.321. The third-order valence-electron chi connectivity index (χ3n) is 6.81. The standard InChI is InChI=1S/C28H32N4O4S2/c1-6-31-25(30-15-17(2)36-18(3)16-30)22(19(4)23(14-29)26(31)33)13-24-27(34)32(28(37)38-24)12-11-20-7-9-21(35-5)10-8-20/h7-10,13,17-18H,6,11-12,15-16H2,1-5H3/b24-13-. The van der Waals surface area contributed by atoms with Gasteiger partial charge >= 0.3 is 0 Å². The smallest absolute Gasteiger partial charge is 0.270 e. The first-order chi connectivity index (χ1) is 18.2. The van der Waals surface area contributed by atoms with Crippen molar-refractivity contribution >= 4 is 46.1 Å². The average Bonchev–Trinajstić information content (AvgIpc) is 3.15. The lowest BCUT2D eigenvalue weighted by molar-refractivity contribution is -0.122. The Labute approximate surface area is 232 Å². The number of morpholine rings is 1. The maximum Gasteiger partial charge on any atom is 0.270 e. The van der Waals surface area contributed by atoms with Gasteiger partial charge in [0.1, 0.15) is 27.5 Å². The van der Waals surface area contributed by atoms with E-state index in [1.165, 1.54) is 11.8 Å². The van der Waals surface area contributed by atoms with Crippen molar-refractivity contribution in [3.63, 3.8) is 0 Å². The largest absolute Gasteiger partial charge is 0.497 e. The highest BCUT2D eigenvalue weighted by Gasteiger charge is 2.34. The molecule has 8 nitrogen and oxygen atoms in total. The van der Waals surface area contributed by atoms with Gasteiger partial charge in [0.25, 0.3) is 11.5 Å². The first-order valence-electron chi connectivity index (χ1n) is 12.6. The van der Waals surface area contributed by atoms with Gasteiger partial charge in [0, 0.05) is 31.7 Å². The number of pyridine rings is 1. The van der Waals surface area contributed by atoms with Crippen LogP contribution in [0.25, 0.3) is 6.08 Å². The van der Waals surface area contributed by atoms with E-state index in [0.29, 0.717) is 58.8 Å². The molecular weight excluding hydrogens is 520 g/mol. The van der Waals surface area contributed by atoms with Crippen molar-refractivity contribution in [3.8, 4) is 11.8 Å². The molecule has 2 aromatic rings. The van der Waals surface area contributed by atoms with E-state index in [4.69, 9.17) is 21.7 Å². The number of hydrogen-bond donors (Lipinski definition) is 0. The monoisotopic (exact) mass is 552 g/mol. The van der Waals surface area contributed by atoms with Crippen LogP contribution in [0.15, 0.2) is 34.0 Å². The summed E-state index contributed by atoms with van der Waals surface area (Å²) < 4.78 is 13.3. The zero-order valence-electron chi connectivity index (χ0n) is 22.3. The van der Waals surface area contributed by atoms with Gasteiger partial charge in [-0.2, -0.15) is 5.26 Å². The summed E-state index contributed by atoms with van der Waals surface area (Å²) in [6.07, 6.45) is 2.39. The third kappa shape index (κ3) is 5.51. The Kier molecular flexibility index (Phi) is 8.61. The number of rotatable bonds is 7. The van der Waals surface area contributed by atoms with Crippen LogP contribution in [0, 0.1) is 18.3 Å². The molecule has 0 saturated carbocycles. The van der Waals surface area contributed by atoms with Gasteiger partial charge in [-0.05, 0) is 63.5 Å². The van der Waals surface area contributed by atoms with Crippen LogP contribution >= 0.6 is 24.0 Å². The quantitative estimate of drug-likeness (QED) is 0.375. The molecule has 2 fully saturated rings. The lowest BCUT2D eigenvalue weighted by Gasteiger charge is -2.39. The first-order valence-corrected chi connectivity index (χ1v) is 13.9. The second-order valence-electron chi connectivity index (χ2n) is 9.49. The van der Waals surface area contributed by atoms with E-state index in [1.54, 1.807) is 29.6 Å². The Hall–Kier alpha value is -3.13. The summed E-state index contributed by atoms with van der Waals surface area (Å²) in [6.45, 7) is 9.70. The molecule has 10 heteroatoms. The maximum atomic E-state index is 13.5. The number of thioether (sulfide) groups is 1. The van der Waals surface area contributed by atoms with E-state index in [1.807, 2.05) is 45.0 Å². The van der Waals surface area contributed by atoms with Crippen molar-refractivity contribution in [3.05, 3.63) is 61.8 Å². The van der Waals surface area contributed by atoms with E-state index < -0.39 is 0 Å². The Morgan fingerprint density at radius 2 is 1.87 bits per heavy atom. The van der Waals surface area contributed by atoms with Crippen LogP contribution in [0.2, 0.25) is 0 Å². The molecule has 4 rings (SSSR count). The summed E-state index contributed by atoms with van der Waals surface area (Å²) in [6, 6.07) is 9.83. The minimum absolute atomic E-state index is 0.0286. The molecule has 200 valence electrons. The number of ether oxygens (including phenoxy) is 2. The summed E-state index contributed by atoms with van der Waals surface area (Å²) in [7, 11) is 1.63. The second-order valence-corrected chi connectivity index (χ2v) is 11.2. The van der Waals surface area contributed by atoms with Crippen LogP contribution in [0.5, 0.6) is 5.75 Å². The van der Waals surface area contributed by atoms with Crippen LogP contribution in [-0.2, 0) is 22.5 Å². The number of nitriles is 1. The van der Waals surface area contributed by atoms with E-state index in [0.717, 1.165) is 11.3 Å². The number of hydrogen-bond acceptors (Lipinski definition) is 8. The highest BCUT2D eigenvalue weighted by atomic mass is 32.2. The van der Waals surface area contributed by atoms with Gasteiger partial charge in [0.15, 0.2) is 0 Å². The molecule has 2 aliphatic heterocycles. The molecule has 0 radical (unpaired) electrons. The number of amides is 1. The molecule has 1 amide bonds. The van der Waals surface area contributed by atoms with Crippen molar-refractivity contribution in [1.29, 1.82) is 5.26 Å². The first kappa shape index (κ1) is 27.9. The number of thiocarbonyl (C=S) groups is 1. The van der Waals surface area contributed by atoms with Gasteiger partial charge in [-0.15, -0.1) is 0 Å². The van der Waals surface area contributed by atoms with Gasteiger partial charge < -0.3 is 14.4 Å². The molecule has 0 aliphatic carbocycles. The number of carbonyl (C=O) groups is 1. The van der Waals surface area contributed by atoms with E-state index in [9.17, 15) is 14.9 Å². The molecule has 2 atom stereocenters. The van der Waals surface area contributed by atoms with Crippen molar-refractivity contribution in [1.82, 2.24) is 9.47 Å². The lowest BCUT2D eigenvalue weighted by Crippen LogP contribution is -2.48. The highest BCUT2D eigenvalue weighted by molar-refractivity contribution is 8.26. The molecule has 0 bridgehead atoms. The zero-order valence-corrected chi connectivity index (χ0v) is 23.9.